The van der Waals surface area contributed by atoms with Gasteiger partial charge in [0.25, 0.3) is 5.91 Å². The van der Waals surface area contributed by atoms with Crippen molar-refractivity contribution in [1.82, 2.24) is 14.9 Å². The third kappa shape index (κ3) is 4.85. The van der Waals surface area contributed by atoms with Crippen molar-refractivity contribution in [2.75, 3.05) is 6.61 Å². The molecule has 0 bridgehead atoms. The average Bonchev–Trinajstić information content (AvgIpc) is 3.43. The van der Waals surface area contributed by atoms with Crippen molar-refractivity contribution >= 4 is 16.9 Å². The predicted octanol–water partition coefficient (Wildman–Crippen LogP) is 5.46. The standard InChI is InChI=1S/C26H29N3O3/c1-18(2)20-12-11-19(3)16-24(20)32-15-7-13-29-22-9-5-4-8-21(22)28-25(29)17-27-26(30)23-10-6-14-31-23/h4-6,8-12,14,16,18H,7,13,15,17H2,1-3H3,(H,27,30). The normalized spacial score (nSPS) is 11.2. The first kappa shape index (κ1) is 21.7. The minimum absolute atomic E-state index is 0.252. The van der Waals surface area contributed by atoms with E-state index in [4.69, 9.17) is 14.1 Å². The number of amides is 1. The Morgan fingerprint density at radius 2 is 2.00 bits per heavy atom. The maximum absolute atomic E-state index is 12.3. The topological polar surface area (TPSA) is 69.3 Å². The van der Waals surface area contributed by atoms with E-state index in [2.05, 4.69) is 54.9 Å². The zero-order valence-electron chi connectivity index (χ0n) is 18.8. The van der Waals surface area contributed by atoms with Gasteiger partial charge in [-0.1, -0.05) is 38.1 Å². The van der Waals surface area contributed by atoms with E-state index in [1.54, 1.807) is 12.1 Å². The molecule has 4 rings (SSSR count). The number of imidazole rings is 1. The summed E-state index contributed by atoms with van der Waals surface area (Å²) in [6.45, 7) is 8.11. The summed E-state index contributed by atoms with van der Waals surface area (Å²) >= 11 is 0. The molecule has 1 N–H and O–H groups in total. The van der Waals surface area contributed by atoms with Crippen LogP contribution in [0.1, 0.15) is 53.7 Å². The number of benzene rings is 2. The van der Waals surface area contributed by atoms with Crippen LogP contribution in [0.25, 0.3) is 11.0 Å². The minimum atomic E-state index is -0.252. The maximum atomic E-state index is 12.3. The molecule has 0 radical (unpaired) electrons. The SMILES string of the molecule is Cc1ccc(C(C)C)c(OCCCn2c(CNC(=O)c3ccco3)nc3ccccc32)c1. The number of nitrogens with one attached hydrogen (secondary N) is 1. The monoisotopic (exact) mass is 431 g/mol. The maximum Gasteiger partial charge on any atom is 0.287 e. The van der Waals surface area contributed by atoms with Gasteiger partial charge in [0.1, 0.15) is 11.6 Å². The van der Waals surface area contributed by atoms with E-state index in [1.807, 2.05) is 18.2 Å². The summed E-state index contributed by atoms with van der Waals surface area (Å²) in [4.78, 5) is 17.0. The molecule has 6 heteroatoms. The minimum Gasteiger partial charge on any atom is -0.493 e. The van der Waals surface area contributed by atoms with Crippen molar-refractivity contribution in [2.45, 2.75) is 46.2 Å². The third-order valence-corrected chi connectivity index (χ3v) is 5.46. The van der Waals surface area contributed by atoms with Crippen molar-refractivity contribution in [2.24, 2.45) is 0 Å². The number of fused-ring (bicyclic) bond motifs is 1. The summed E-state index contributed by atoms with van der Waals surface area (Å²) in [5.41, 5.74) is 4.38. The van der Waals surface area contributed by atoms with Gasteiger partial charge in [-0.15, -0.1) is 0 Å². The molecule has 6 nitrogen and oxygen atoms in total. The first-order chi connectivity index (χ1) is 15.5. The smallest absolute Gasteiger partial charge is 0.287 e. The number of para-hydroxylation sites is 2. The van der Waals surface area contributed by atoms with Crippen molar-refractivity contribution in [3.63, 3.8) is 0 Å². The van der Waals surface area contributed by atoms with Gasteiger partial charge in [0.05, 0.1) is 30.4 Å². The number of ether oxygens (including phenoxy) is 1. The van der Waals surface area contributed by atoms with Gasteiger partial charge in [-0.2, -0.15) is 0 Å². The molecule has 166 valence electrons. The highest BCUT2D eigenvalue weighted by atomic mass is 16.5. The van der Waals surface area contributed by atoms with Gasteiger partial charge in [-0.25, -0.2) is 4.98 Å². The van der Waals surface area contributed by atoms with Crippen LogP contribution in [0, 0.1) is 6.92 Å². The number of aryl methyl sites for hydroxylation is 2. The fraction of sp³-hybridized carbons (Fsp3) is 0.308. The zero-order valence-corrected chi connectivity index (χ0v) is 18.8. The van der Waals surface area contributed by atoms with Crippen molar-refractivity contribution < 1.29 is 13.9 Å². The molecular formula is C26H29N3O3. The van der Waals surface area contributed by atoms with Crippen LogP contribution in [0.4, 0.5) is 0 Å². The van der Waals surface area contributed by atoms with Crippen LogP contribution < -0.4 is 10.1 Å². The van der Waals surface area contributed by atoms with Crippen LogP contribution in [-0.4, -0.2) is 22.1 Å². The van der Waals surface area contributed by atoms with Crippen LogP contribution in [-0.2, 0) is 13.1 Å². The highest BCUT2D eigenvalue weighted by molar-refractivity contribution is 5.91. The predicted molar refractivity (Wildman–Crippen MR) is 125 cm³/mol. The number of rotatable bonds is 9. The largest absolute Gasteiger partial charge is 0.493 e. The Kier molecular flexibility index (Phi) is 6.59. The Balaban J connectivity index is 1.44. The van der Waals surface area contributed by atoms with Crippen molar-refractivity contribution in [3.05, 3.63) is 83.6 Å². The number of hydrogen-bond acceptors (Lipinski definition) is 4. The highest BCUT2D eigenvalue weighted by Gasteiger charge is 2.14. The molecule has 2 aromatic heterocycles. The van der Waals surface area contributed by atoms with E-state index in [1.165, 1.54) is 17.4 Å². The van der Waals surface area contributed by atoms with E-state index in [0.29, 0.717) is 24.8 Å². The summed E-state index contributed by atoms with van der Waals surface area (Å²) in [6.07, 6.45) is 2.31. The molecule has 0 aliphatic carbocycles. The van der Waals surface area contributed by atoms with Crippen LogP contribution in [0.5, 0.6) is 5.75 Å². The average molecular weight is 432 g/mol. The lowest BCUT2D eigenvalue weighted by atomic mass is 10.0. The second-order valence-electron chi connectivity index (χ2n) is 8.23. The van der Waals surface area contributed by atoms with Gasteiger partial charge in [0, 0.05) is 6.54 Å². The molecule has 0 aliphatic heterocycles. The second kappa shape index (κ2) is 9.73. The summed E-state index contributed by atoms with van der Waals surface area (Å²) in [6, 6.07) is 17.7. The lowest BCUT2D eigenvalue weighted by Gasteiger charge is -2.15. The van der Waals surface area contributed by atoms with E-state index >= 15 is 0 Å². The number of carbonyl (C=O) groups excluding carboxylic acids is 1. The molecule has 2 aromatic carbocycles. The molecule has 0 unspecified atom stereocenters. The first-order valence-electron chi connectivity index (χ1n) is 11.0. The van der Waals surface area contributed by atoms with E-state index < -0.39 is 0 Å². The molecule has 2 heterocycles. The summed E-state index contributed by atoms with van der Waals surface area (Å²) in [5.74, 6) is 2.22. The molecule has 0 fully saturated rings. The van der Waals surface area contributed by atoms with Crippen molar-refractivity contribution in [3.8, 4) is 5.75 Å². The zero-order chi connectivity index (χ0) is 22.5. The van der Waals surface area contributed by atoms with E-state index in [9.17, 15) is 4.79 Å². The summed E-state index contributed by atoms with van der Waals surface area (Å²) in [5, 5.41) is 2.90. The van der Waals surface area contributed by atoms with Crippen LogP contribution >= 0.6 is 0 Å². The van der Waals surface area contributed by atoms with Crippen LogP contribution in [0.3, 0.4) is 0 Å². The molecule has 0 atom stereocenters. The van der Waals surface area contributed by atoms with E-state index in [-0.39, 0.29) is 5.91 Å². The molecular weight excluding hydrogens is 402 g/mol. The molecule has 0 saturated heterocycles. The quantitative estimate of drug-likeness (QED) is 0.357. The third-order valence-electron chi connectivity index (χ3n) is 5.46. The Hall–Kier alpha value is -3.54. The van der Waals surface area contributed by atoms with Crippen molar-refractivity contribution in [1.29, 1.82) is 0 Å². The highest BCUT2D eigenvalue weighted by Crippen LogP contribution is 2.27. The Bertz CT molecular complexity index is 1190. The number of hydrogen-bond donors (Lipinski definition) is 1. The fourth-order valence-corrected chi connectivity index (χ4v) is 3.81. The Morgan fingerprint density at radius 1 is 1.16 bits per heavy atom. The van der Waals surface area contributed by atoms with Gasteiger partial charge in [-0.05, 0) is 60.7 Å². The molecule has 0 saturated carbocycles. The lowest BCUT2D eigenvalue weighted by molar-refractivity contribution is 0.0921. The summed E-state index contributed by atoms with van der Waals surface area (Å²) < 4.78 is 13.5. The number of furan rings is 1. The second-order valence-corrected chi connectivity index (χ2v) is 8.23. The number of carbonyl (C=O) groups is 1. The number of nitrogens with zero attached hydrogens (tertiary/aromatic N) is 2. The van der Waals surface area contributed by atoms with Gasteiger partial charge in [0.2, 0.25) is 0 Å². The van der Waals surface area contributed by atoms with Gasteiger partial charge < -0.3 is 19.0 Å². The lowest BCUT2D eigenvalue weighted by Crippen LogP contribution is -2.24. The van der Waals surface area contributed by atoms with Gasteiger partial charge in [-0.3, -0.25) is 4.79 Å². The Morgan fingerprint density at radius 3 is 2.78 bits per heavy atom. The molecule has 1 amide bonds. The molecule has 4 aromatic rings. The fourth-order valence-electron chi connectivity index (χ4n) is 3.81. The molecule has 0 aliphatic rings. The van der Waals surface area contributed by atoms with Crippen LogP contribution in [0.2, 0.25) is 0 Å². The molecule has 0 spiro atoms. The molecule has 32 heavy (non-hydrogen) atoms. The summed E-state index contributed by atoms with van der Waals surface area (Å²) in [7, 11) is 0. The van der Waals surface area contributed by atoms with Crippen LogP contribution in [0.15, 0.2) is 65.3 Å². The van der Waals surface area contributed by atoms with Gasteiger partial charge >= 0.3 is 0 Å². The Labute approximate surface area is 188 Å². The number of aromatic nitrogens is 2. The van der Waals surface area contributed by atoms with Gasteiger partial charge in [0.15, 0.2) is 5.76 Å². The first-order valence-corrected chi connectivity index (χ1v) is 11.0. The van der Waals surface area contributed by atoms with E-state index in [0.717, 1.165) is 35.6 Å².